The van der Waals surface area contributed by atoms with Crippen molar-refractivity contribution < 1.29 is 14.3 Å². The maximum atomic E-state index is 12.9. The van der Waals surface area contributed by atoms with Crippen LogP contribution in [0.4, 0.5) is 0 Å². The van der Waals surface area contributed by atoms with E-state index >= 15 is 0 Å². The topological polar surface area (TPSA) is 38.8 Å². The molecule has 0 radical (unpaired) electrons. The van der Waals surface area contributed by atoms with Crippen LogP contribution >= 0.6 is 15.9 Å². The van der Waals surface area contributed by atoms with Crippen LogP contribution < -0.4 is 9.47 Å². The Bertz CT molecular complexity index is 703. The fourth-order valence-electron chi connectivity index (χ4n) is 2.46. The van der Waals surface area contributed by atoms with Crippen molar-refractivity contribution in [1.82, 2.24) is 4.90 Å². The highest BCUT2D eigenvalue weighted by molar-refractivity contribution is 9.10. The molecule has 0 aliphatic rings. The van der Waals surface area contributed by atoms with E-state index in [-0.39, 0.29) is 11.9 Å². The van der Waals surface area contributed by atoms with Gasteiger partial charge in [0.15, 0.2) is 11.5 Å². The molecule has 5 heteroatoms. The van der Waals surface area contributed by atoms with Gasteiger partial charge in [-0.25, -0.2) is 0 Å². The van der Waals surface area contributed by atoms with Crippen molar-refractivity contribution in [3.63, 3.8) is 0 Å². The fourth-order valence-corrected chi connectivity index (χ4v) is 3.02. The molecule has 2 aromatic rings. The van der Waals surface area contributed by atoms with E-state index < -0.39 is 0 Å². The lowest BCUT2D eigenvalue weighted by Crippen LogP contribution is -2.29. The van der Waals surface area contributed by atoms with Crippen molar-refractivity contribution in [2.45, 2.75) is 19.9 Å². The number of amides is 1. The zero-order valence-corrected chi connectivity index (χ0v) is 16.0. The predicted molar refractivity (Wildman–Crippen MR) is 98.8 cm³/mol. The molecule has 0 N–H and O–H groups in total. The molecule has 4 nitrogen and oxygen atoms in total. The maximum absolute atomic E-state index is 12.9. The molecule has 0 spiro atoms. The van der Waals surface area contributed by atoms with Crippen LogP contribution in [0, 0.1) is 0 Å². The molecule has 1 amide bonds. The van der Waals surface area contributed by atoms with Crippen LogP contribution in [0.5, 0.6) is 11.5 Å². The summed E-state index contributed by atoms with van der Waals surface area (Å²) in [6.45, 7) is 4.43. The number of ether oxygens (including phenoxy) is 2. The number of rotatable bonds is 6. The first-order valence-corrected chi connectivity index (χ1v) is 8.61. The molecule has 24 heavy (non-hydrogen) atoms. The van der Waals surface area contributed by atoms with E-state index in [4.69, 9.17) is 9.47 Å². The Labute approximate surface area is 151 Å². The molecule has 0 fully saturated rings. The second-order valence-electron chi connectivity index (χ2n) is 5.43. The van der Waals surface area contributed by atoms with E-state index in [1.807, 2.05) is 44.2 Å². The molecule has 0 bridgehead atoms. The van der Waals surface area contributed by atoms with Gasteiger partial charge in [0.1, 0.15) is 0 Å². The number of nitrogens with zero attached hydrogens (tertiary/aromatic N) is 1. The quantitative estimate of drug-likeness (QED) is 0.716. The Morgan fingerprint density at radius 2 is 1.92 bits per heavy atom. The van der Waals surface area contributed by atoms with Gasteiger partial charge in [0, 0.05) is 12.6 Å². The highest BCUT2D eigenvalue weighted by Gasteiger charge is 2.21. The van der Waals surface area contributed by atoms with Crippen molar-refractivity contribution in [2.75, 3.05) is 20.8 Å². The molecule has 0 saturated heterocycles. The van der Waals surface area contributed by atoms with E-state index in [0.29, 0.717) is 28.1 Å². The second-order valence-corrected chi connectivity index (χ2v) is 6.28. The van der Waals surface area contributed by atoms with Gasteiger partial charge < -0.3 is 14.4 Å². The normalized spacial score (nSPS) is 11.7. The fraction of sp³-hybridized carbons (Fsp3) is 0.316. The van der Waals surface area contributed by atoms with Crippen LogP contribution in [0.15, 0.2) is 46.9 Å². The molecule has 0 saturated carbocycles. The zero-order chi connectivity index (χ0) is 17.7. The zero-order valence-electron chi connectivity index (χ0n) is 14.4. The number of methoxy groups -OCH3 is 1. The lowest BCUT2D eigenvalue weighted by atomic mass is 10.1. The summed E-state index contributed by atoms with van der Waals surface area (Å²) in [7, 11) is 3.37. The van der Waals surface area contributed by atoms with E-state index in [1.165, 1.54) is 0 Å². The number of carbonyl (C=O) groups excluding carboxylic acids is 1. The van der Waals surface area contributed by atoms with Gasteiger partial charge in [0.05, 0.1) is 24.2 Å². The first-order valence-electron chi connectivity index (χ1n) is 7.82. The Kier molecular flexibility index (Phi) is 6.26. The van der Waals surface area contributed by atoms with E-state index in [9.17, 15) is 4.79 Å². The third-order valence-corrected chi connectivity index (χ3v) is 4.54. The van der Waals surface area contributed by atoms with Crippen LogP contribution in [0.2, 0.25) is 0 Å². The summed E-state index contributed by atoms with van der Waals surface area (Å²) < 4.78 is 11.6. The molecule has 2 rings (SSSR count). The summed E-state index contributed by atoms with van der Waals surface area (Å²) in [6.07, 6.45) is 0. The van der Waals surface area contributed by atoms with E-state index in [2.05, 4.69) is 15.9 Å². The molecule has 0 aliphatic carbocycles. The molecular weight excluding hydrogens is 370 g/mol. The smallest absolute Gasteiger partial charge is 0.254 e. The second kappa shape index (κ2) is 8.20. The average molecular weight is 392 g/mol. The summed E-state index contributed by atoms with van der Waals surface area (Å²) in [5, 5.41) is 0. The van der Waals surface area contributed by atoms with Crippen molar-refractivity contribution in [3.8, 4) is 11.5 Å². The molecule has 0 aliphatic heterocycles. The van der Waals surface area contributed by atoms with E-state index in [1.54, 1.807) is 31.2 Å². The summed E-state index contributed by atoms with van der Waals surface area (Å²) in [5.74, 6) is 1.07. The average Bonchev–Trinajstić information content (AvgIpc) is 2.62. The van der Waals surface area contributed by atoms with Crippen LogP contribution in [0.25, 0.3) is 0 Å². The lowest BCUT2D eigenvalue weighted by Gasteiger charge is -2.26. The molecule has 2 aromatic carbocycles. The summed E-state index contributed by atoms with van der Waals surface area (Å²) >= 11 is 3.46. The van der Waals surface area contributed by atoms with Crippen LogP contribution in [0.3, 0.4) is 0 Å². The van der Waals surface area contributed by atoms with Crippen molar-refractivity contribution in [2.24, 2.45) is 0 Å². The molecule has 1 atom stereocenters. The summed E-state index contributed by atoms with van der Waals surface area (Å²) in [4.78, 5) is 14.6. The first kappa shape index (κ1) is 18.3. The van der Waals surface area contributed by atoms with Gasteiger partial charge in [0.2, 0.25) is 0 Å². The summed E-state index contributed by atoms with van der Waals surface area (Å²) in [5.41, 5.74) is 1.64. The Morgan fingerprint density at radius 1 is 1.25 bits per heavy atom. The number of carbonyl (C=O) groups is 1. The maximum Gasteiger partial charge on any atom is 0.254 e. The largest absolute Gasteiger partial charge is 0.493 e. The van der Waals surface area contributed by atoms with Crippen molar-refractivity contribution >= 4 is 21.8 Å². The first-order chi connectivity index (χ1) is 11.5. The number of hydrogen-bond acceptors (Lipinski definition) is 3. The third-order valence-electron chi connectivity index (χ3n) is 3.95. The minimum atomic E-state index is -0.0756. The number of hydrogen-bond donors (Lipinski definition) is 0. The van der Waals surface area contributed by atoms with Crippen LogP contribution in [-0.2, 0) is 0 Å². The molecular formula is C19H22BrNO3. The molecule has 1 unspecified atom stereocenters. The molecule has 128 valence electrons. The van der Waals surface area contributed by atoms with Crippen molar-refractivity contribution in [3.05, 3.63) is 58.1 Å². The lowest BCUT2D eigenvalue weighted by molar-refractivity contribution is 0.0742. The van der Waals surface area contributed by atoms with Gasteiger partial charge in [-0.15, -0.1) is 0 Å². The van der Waals surface area contributed by atoms with Crippen LogP contribution in [0.1, 0.15) is 35.8 Å². The predicted octanol–water partition coefficient (Wildman–Crippen LogP) is 4.69. The Balaban J connectivity index is 2.30. The monoisotopic (exact) mass is 391 g/mol. The highest BCUT2D eigenvalue weighted by atomic mass is 79.9. The van der Waals surface area contributed by atoms with Crippen LogP contribution in [-0.4, -0.2) is 31.6 Å². The highest BCUT2D eigenvalue weighted by Crippen LogP contribution is 2.37. The SMILES string of the molecule is CCOc1c(Br)cc(C(=O)N(C)C(C)c2ccccc2)cc1OC. The molecule has 0 heterocycles. The van der Waals surface area contributed by atoms with Gasteiger partial charge in [-0.1, -0.05) is 30.3 Å². The number of halogens is 1. The standard InChI is InChI=1S/C19H22BrNO3/c1-5-24-18-16(20)11-15(12-17(18)23-4)19(22)21(3)13(2)14-9-7-6-8-10-14/h6-13H,5H2,1-4H3. The van der Waals surface area contributed by atoms with Gasteiger partial charge in [-0.2, -0.15) is 0 Å². The molecule has 0 aromatic heterocycles. The summed E-state index contributed by atoms with van der Waals surface area (Å²) in [6, 6.07) is 13.4. The minimum absolute atomic E-state index is 0.0324. The Morgan fingerprint density at radius 3 is 2.50 bits per heavy atom. The number of benzene rings is 2. The minimum Gasteiger partial charge on any atom is -0.493 e. The van der Waals surface area contributed by atoms with Crippen molar-refractivity contribution in [1.29, 1.82) is 0 Å². The Hall–Kier alpha value is -2.01. The third kappa shape index (κ3) is 3.90. The van der Waals surface area contributed by atoms with Gasteiger partial charge in [0.25, 0.3) is 5.91 Å². The van der Waals surface area contributed by atoms with E-state index in [0.717, 1.165) is 5.56 Å². The van der Waals surface area contributed by atoms with Gasteiger partial charge in [-0.05, 0) is 47.5 Å². The van der Waals surface area contributed by atoms with Gasteiger partial charge >= 0.3 is 0 Å². The van der Waals surface area contributed by atoms with Gasteiger partial charge in [-0.3, -0.25) is 4.79 Å².